The number of hydrogen-bond acceptors (Lipinski definition) is 6. The second-order valence-electron chi connectivity index (χ2n) is 5.72. The smallest absolute Gasteiger partial charge is 0.377 e. The molecule has 0 aliphatic rings. The highest BCUT2D eigenvalue weighted by atomic mass is 28.4. The van der Waals surface area contributed by atoms with Crippen LogP contribution in [0.5, 0.6) is 0 Å². The second-order valence-corrected chi connectivity index (χ2v) is 12.4. The van der Waals surface area contributed by atoms with E-state index in [2.05, 4.69) is 13.8 Å². The molecule has 0 N–H and O–H groups in total. The van der Waals surface area contributed by atoms with Crippen molar-refractivity contribution >= 4 is 17.6 Å². The first-order chi connectivity index (χ1) is 11.0. The Kier molecular flexibility index (Phi) is 11.8. The molecule has 8 heteroatoms. The van der Waals surface area contributed by atoms with E-state index < -0.39 is 17.6 Å². The normalized spacial score (nSPS) is 15.7. The Morgan fingerprint density at radius 2 is 1.04 bits per heavy atom. The van der Waals surface area contributed by atoms with Gasteiger partial charge in [-0.05, 0) is 19.3 Å². The van der Waals surface area contributed by atoms with Crippen LogP contribution in [0.3, 0.4) is 0 Å². The summed E-state index contributed by atoms with van der Waals surface area (Å²) in [6.07, 6.45) is 5.22. The topological polar surface area (TPSA) is 55.4 Å². The van der Waals surface area contributed by atoms with Crippen molar-refractivity contribution in [3.8, 4) is 0 Å². The molecule has 140 valence electrons. The van der Waals surface area contributed by atoms with E-state index in [4.69, 9.17) is 26.6 Å². The molecule has 0 heterocycles. The van der Waals surface area contributed by atoms with Gasteiger partial charge in [0.2, 0.25) is 0 Å². The first-order valence-electron chi connectivity index (χ1n) is 8.26. The average molecular weight is 369 g/mol. The van der Waals surface area contributed by atoms with Gasteiger partial charge in [-0.3, -0.25) is 0 Å². The molecular weight excluding hydrogens is 332 g/mol. The van der Waals surface area contributed by atoms with Crippen molar-refractivity contribution in [2.45, 2.75) is 57.0 Å². The zero-order valence-electron chi connectivity index (χ0n) is 16.1. The van der Waals surface area contributed by atoms with Gasteiger partial charge < -0.3 is 26.6 Å². The fraction of sp³-hybridized carbons (Fsp3) is 1.00. The van der Waals surface area contributed by atoms with Crippen molar-refractivity contribution < 1.29 is 26.6 Å². The van der Waals surface area contributed by atoms with Crippen LogP contribution in [-0.4, -0.2) is 60.3 Å². The SMILES string of the molecule is CCC(CCCCC(C)[Si](OC)(OC)OC)[Si](OC)(OC)OC. The molecule has 0 aliphatic heterocycles. The van der Waals surface area contributed by atoms with Gasteiger partial charge in [-0.25, -0.2) is 0 Å². The van der Waals surface area contributed by atoms with E-state index >= 15 is 0 Å². The third-order valence-electron chi connectivity index (χ3n) is 4.74. The molecule has 0 bridgehead atoms. The van der Waals surface area contributed by atoms with E-state index in [1.165, 1.54) is 0 Å². The van der Waals surface area contributed by atoms with Crippen LogP contribution >= 0.6 is 0 Å². The molecule has 0 aliphatic carbocycles. The standard InChI is InChI=1S/C15H36O6Si2/c1-9-15(23(19-6,20-7)21-8)13-11-10-12-14(2)22(16-3,17-4)18-5/h14-15H,9-13H2,1-8H3. The maximum atomic E-state index is 5.62. The van der Waals surface area contributed by atoms with Gasteiger partial charge in [0.05, 0.1) is 0 Å². The highest BCUT2D eigenvalue weighted by Gasteiger charge is 2.46. The summed E-state index contributed by atoms with van der Waals surface area (Å²) in [5.41, 5.74) is 0.601. The van der Waals surface area contributed by atoms with Gasteiger partial charge >= 0.3 is 17.6 Å². The molecule has 0 radical (unpaired) electrons. The second kappa shape index (κ2) is 11.7. The van der Waals surface area contributed by atoms with E-state index in [0.29, 0.717) is 5.54 Å². The van der Waals surface area contributed by atoms with Crippen molar-refractivity contribution in [2.24, 2.45) is 0 Å². The van der Waals surface area contributed by atoms with Crippen molar-refractivity contribution in [1.82, 2.24) is 0 Å². The minimum atomic E-state index is -2.55. The van der Waals surface area contributed by atoms with Gasteiger partial charge in [0.25, 0.3) is 0 Å². The first kappa shape index (κ1) is 23.2. The summed E-state index contributed by atoms with van der Waals surface area (Å²) in [5, 5.41) is 0. The van der Waals surface area contributed by atoms with E-state index in [9.17, 15) is 0 Å². The first-order valence-corrected chi connectivity index (χ1v) is 11.9. The van der Waals surface area contributed by atoms with Crippen molar-refractivity contribution in [3.05, 3.63) is 0 Å². The van der Waals surface area contributed by atoms with E-state index in [1.54, 1.807) is 42.7 Å². The highest BCUT2D eigenvalue weighted by molar-refractivity contribution is 6.62. The Morgan fingerprint density at radius 1 is 0.652 bits per heavy atom. The molecule has 0 fully saturated rings. The third kappa shape index (κ3) is 5.89. The van der Waals surface area contributed by atoms with Crippen molar-refractivity contribution in [2.75, 3.05) is 42.7 Å². The van der Waals surface area contributed by atoms with E-state index in [1.807, 2.05) is 0 Å². The van der Waals surface area contributed by atoms with E-state index in [0.717, 1.165) is 32.1 Å². The summed E-state index contributed by atoms with van der Waals surface area (Å²) in [7, 11) is 4.96. The van der Waals surface area contributed by atoms with Crippen LogP contribution in [0.1, 0.15) is 46.0 Å². The van der Waals surface area contributed by atoms with Crippen LogP contribution in [0.25, 0.3) is 0 Å². The van der Waals surface area contributed by atoms with Gasteiger partial charge in [0.1, 0.15) is 0 Å². The number of rotatable bonds is 14. The molecule has 2 atom stereocenters. The Bertz CT molecular complexity index is 281. The summed E-state index contributed by atoms with van der Waals surface area (Å²) >= 11 is 0. The summed E-state index contributed by atoms with van der Waals surface area (Å²) in [6.45, 7) is 4.29. The van der Waals surface area contributed by atoms with Crippen LogP contribution in [-0.2, 0) is 26.6 Å². The minimum absolute atomic E-state index is 0.275. The molecule has 0 spiro atoms. The minimum Gasteiger partial charge on any atom is -0.377 e. The van der Waals surface area contributed by atoms with Crippen molar-refractivity contribution in [1.29, 1.82) is 0 Å². The zero-order valence-corrected chi connectivity index (χ0v) is 18.1. The summed E-state index contributed by atoms with van der Waals surface area (Å²) in [4.78, 5) is 0. The predicted octanol–water partition coefficient (Wildman–Crippen LogP) is 3.47. The maximum absolute atomic E-state index is 5.62. The van der Waals surface area contributed by atoms with Crippen LogP contribution in [0.4, 0.5) is 0 Å². The molecular formula is C15H36O6Si2. The Labute approximate surface area is 144 Å². The van der Waals surface area contributed by atoms with Crippen LogP contribution in [0, 0.1) is 0 Å². The summed E-state index contributed by atoms with van der Waals surface area (Å²) in [5.74, 6) is 0. The largest absolute Gasteiger partial charge is 0.503 e. The average Bonchev–Trinajstić information content (AvgIpc) is 2.60. The molecule has 0 aromatic carbocycles. The monoisotopic (exact) mass is 368 g/mol. The zero-order chi connectivity index (χ0) is 17.9. The Hall–Kier alpha value is 0.194. The Morgan fingerprint density at radius 3 is 1.39 bits per heavy atom. The van der Waals surface area contributed by atoms with Crippen molar-refractivity contribution in [3.63, 3.8) is 0 Å². The molecule has 0 saturated heterocycles. The van der Waals surface area contributed by atoms with Gasteiger partial charge in [-0.1, -0.05) is 26.7 Å². The lowest BCUT2D eigenvalue weighted by Crippen LogP contribution is -2.47. The molecule has 0 aromatic heterocycles. The molecule has 0 saturated carbocycles. The molecule has 6 nitrogen and oxygen atoms in total. The molecule has 0 rings (SSSR count). The molecule has 0 amide bonds. The predicted molar refractivity (Wildman–Crippen MR) is 95.5 cm³/mol. The maximum Gasteiger partial charge on any atom is 0.503 e. The van der Waals surface area contributed by atoms with Crippen LogP contribution in [0.15, 0.2) is 0 Å². The molecule has 2 unspecified atom stereocenters. The Balaban J connectivity index is 4.48. The summed E-state index contributed by atoms with van der Waals surface area (Å²) < 4.78 is 33.5. The van der Waals surface area contributed by atoms with Gasteiger partial charge in [-0.2, -0.15) is 0 Å². The molecule has 0 aromatic rings. The summed E-state index contributed by atoms with van der Waals surface area (Å²) in [6, 6.07) is 0. The van der Waals surface area contributed by atoms with Crippen LogP contribution < -0.4 is 0 Å². The third-order valence-corrected chi connectivity index (χ3v) is 11.4. The van der Waals surface area contributed by atoms with Gasteiger partial charge in [0, 0.05) is 53.7 Å². The van der Waals surface area contributed by atoms with Gasteiger partial charge in [-0.15, -0.1) is 0 Å². The van der Waals surface area contributed by atoms with Gasteiger partial charge in [0.15, 0.2) is 0 Å². The fourth-order valence-electron chi connectivity index (χ4n) is 3.25. The lowest BCUT2D eigenvalue weighted by Gasteiger charge is -2.32. The number of unbranched alkanes of at least 4 members (excludes halogenated alkanes) is 1. The lowest BCUT2D eigenvalue weighted by molar-refractivity contribution is 0.107. The fourth-order valence-corrected chi connectivity index (χ4v) is 8.07. The quantitative estimate of drug-likeness (QED) is 0.346. The lowest BCUT2D eigenvalue weighted by atomic mass is 10.1. The molecule has 23 heavy (non-hydrogen) atoms. The van der Waals surface area contributed by atoms with Crippen LogP contribution in [0.2, 0.25) is 11.1 Å². The van der Waals surface area contributed by atoms with E-state index in [-0.39, 0.29) is 5.54 Å². The number of hydrogen-bond donors (Lipinski definition) is 0. The highest BCUT2D eigenvalue weighted by Crippen LogP contribution is 2.34.